The molecule has 0 spiro atoms. The van der Waals surface area contributed by atoms with Crippen molar-refractivity contribution in [2.45, 2.75) is 32.2 Å². The number of hydrogen-bond acceptors (Lipinski definition) is 3. The number of benzene rings is 1. The molecule has 0 radical (unpaired) electrons. The van der Waals surface area contributed by atoms with Crippen LogP contribution in [-0.4, -0.2) is 25.7 Å². The summed E-state index contributed by atoms with van der Waals surface area (Å²) in [7, 11) is 1.85. The number of nitrogens with zero attached hydrogens (tertiary/aromatic N) is 2. The van der Waals surface area contributed by atoms with Crippen LogP contribution < -0.4 is 10.2 Å². The zero-order chi connectivity index (χ0) is 13.2. The Kier molecular flexibility index (Phi) is 3.58. The molecule has 0 bridgehead atoms. The van der Waals surface area contributed by atoms with Crippen molar-refractivity contribution in [1.82, 2.24) is 5.32 Å². The molecule has 96 valence electrons. The number of nitrogens with one attached hydrogen (secondary N) is 1. The van der Waals surface area contributed by atoms with Gasteiger partial charge in [-0.3, -0.25) is 0 Å². The van der Waals surface area contributed by atoms with Crippen molar-refractivity contribution in [3.05, 3.63) is 29.3 Å². The Morgan fingerprint density at radius 3 is 2.94 bits per heavy atom. The summed E-state index contributed by atoms with van der Waals surface area (Å²) in [6, 6.07) is 8.98. The van der Waals surface area contributed by atoms with Crippen LogP contribution in [0.3, 0.4) is 0 Å². The molecule has 0 saturated heterocycles. The van der Waals surface area contributed by atoms with E-state index in [1.165, 1.54) is 23.2 Å². The maximum Gasteiger partial charge on any atom is 0.121 e. The van der Waals surface area contributed by atoms with Crippen molar-refractivity contribution < 1.29 is 0 Å². The Balaban J connectivity index is 2.26. The fourth-order valence-electron chi connectivity index (χ4n) is 2.52. The van der Waals surface area contributed by atoms with Gasteiger partial charge in [-0.25, -0.2) is 0 Å². The van der Waals surface area contributed by atoms with Crippen LogP contribution in [0, 0.1) is 18.3 Å². The highest BCUT2D eigenvalue weighted by molar-refractivity contribution is 5.57. The molecule has 1 unspecified atom stereocenters. The minimum atomic E-state index is -0.487. The van der Waals surface area contributed by atoms with Gasteiger partial charge in [0, 0.05) is 18.8 Å². The second kappa shape index (κ2) is 4.99. The number of fused-ring (bicyclic) bond motifs is 1. The molecule has 0 aliphatic carbocycles. The molecule has 1 aliphatic heterocycles. The summed E-state index contributed by atoms with van der Waals surface area (Å²) in [5.74, 6) is 0. The molecule has 0 aromatic heterocycles. The van der Waals surface area contributed by atoms with Gasteiger partial charge >= 0.3 is 0 Å². The first-order chi connectivity index (χ1) is 8.58. The van der Waals surface area contributed by atoms with Gasteiger partial charge in [0.1, 0.15) is 5.54 Å². The first-order valence-corrected chi connectivity index (χ1v) is 6.52. The van der Waals surface area contributed by atoms with Crippen LogP contribution in [0.1, 0.15) is 24.5 Å². The molecule has 3 heteroatoms. The van der Waals surface area contributed by atoms with Gasteiger partial charge in [0.2, 0.25) is 0 Å². The first-order valence-electron chi connectivity index (χ1n) is 6.52. The highest BCUT2D eigenvalue weighted by atomic mass is 15.2. The predicted octanol–water partition coefficient (Wildman–Crippen LogP) is 2.25. The summed E-state index contributed by atoms with van der Waals surface area (Å²) in [4.78, 5) is 2.33. The second-order valence-electron chi connectivity index (χ2n) is 5.35. The fourth-order valence-corrected chi connectivity index (χ4v) is 2.52. The van der Waals surface area contributed by atoms with Crippen molar-refractivity contribution >= 4 is 5.69 Å². The summed E-state index contributed by atoms with van der Waals surface area (Å²) in [5, 5.41) is 12.4. The van der Waals surface area contributed by atoms with E-state index in [0.29, 0.717) is 0 Å². The normalized spacial score (nSPS) is 17.8. The van der Waals surface area contributed by atoms with E-state index in [9.17, 15) is 5.26 Å². The van der Waals surface area contributed by atoms with Crippen LogP contribution in [0.15, 0.2) is 18.2 Å². The molecule has 1 N–H and O–H groups in total. The van der Waals surface area contributed by atoms with Gasteiger partial charge in [0.05, 0.1) is 6.07 Å². The monoisotopic (exact) mass is 243 g/mol. The van der Waals surface area contributed by atoms with Crippen LogP contribution >= 0.6 is 0 Å². The summed E-state index contributed by atoms with van der Waals surface area (Å²) in [6.45, 7) is 5.85. The molecule has 0 saturated carbocycles. The molecular formula is C15H21N3. The van der Waals surface area contributed by atoms with Gasteiger partial charge in [-0.2, -0.15) is 5.26 Å². The van der Waals surface area contributed by atoms with Crippen molar-refractivity contribution in [3.63, 3.8) is 0 Å². The maximum absolute atomic E-state index is 9.27. The van der Waals surface area contributed by atoms with E-state index in [-0.39, 0.29) is 0 Å². The molecule has 0 amide bonds. The van der Waals surface area contributed by atoms with Gasteiger partial charge < -0.3 is 10.2 Å². The van der Waals surface area contributed by atoms with Gasteiger partial charge in [-0.1, -0.05) is 17.7 Å². The number of aryl methyl sites for hydroxylation is 2. The van der Waals surface area contributed by atoms with Crippen LogP contribution in [0.25, 0.3) is 0 Å². The van der Waals surface area contributed by atoms with Crippen molar-refractivity contribution in [3.8, 4) is 6.07 Å². The average Bonchev–Trinajstić information content (AvgIpc) is 2.38. The number of hydrogen-bond donors (Lipinski definition) is 1. The van der Waals surface area contributed by atoms with Crippen LogP contribution in [-0.2, 0) is 6.42 Å². The topological polar surface area (TPSA) is 39.1 Å². The smallest absolute Gasteiger partial charge is 0.121 e. The zero-order valence-corrected chi connectivity index (χ0v) is 11.5. The van der Waals surface area contributed by atoms with Crippen LogP contribution in [0.5, 0.6) is 0 Å². The van der Waals surface area contributed by atoms with Crippen molar-refractivity contribution in [2.24, 2.45) is 0 Å². The van der Waals surface area contributed by atoms with Crippen molar-refractivity contribution in [1.29, 1.82) is 5.26 Å². The molecule has 1 aromatic carbocycles. The van der Waals surface area contributed by atoms with E-state index in [1.807, 2.05) is 14.0 Å². The van der Waals surface area contributed by atoms with Gasteiger partial charge in [0.25, 0.3) is 0 Å². The lowest BCUT2D eigenvalue weighted by Gasteiger charge is -2.36. The lowest BCUT2D eigenvalue weighted by molar-refractivity contribution is 0.474. The maximum atomic E-state index is 9.27. The zero-order valence-electron chi connectivity index (χ0n) is 11.5. The van der Waals surface area contributed by atoms with E-state index in [4.69, 9.17) is 0 Å². The second-order valence-corrected chi connectivity index (χ2v) is 5.35. The first kappa shape index (κ1) is 12.9. The third-order valence-corrected chi connectivity index (χ3v) is 3.76. The lowest BCUT2D eigenvalue weighted by atomic mass is 9.96. The summed E-state index contributed by atoms with van der Waals surface area (Å²) in [6.07, 6.45) is 2.32. The standard InChI is InChI=1S/C15H21N3/c1-12-6-7-14-13(9-12)5-4-8-18(14)11-15(2,10-16)17-3/h6-7,9,17H,4-5,8,11H2,1-3H3. The van der Waals surface area contributed by atoms with E-state index in [1.54, 1.807) is 0 Å². The molecule has 0 fully saturated rings. The molecule has 3 nitrogen and oxygen atoms in total. The van der Waals surface area contributed by atoms with Crippen molar-refractivity contribution in [2.75, 3.05) is 25.0 Å². The molecule has 1 heterocycles. The third-order valence-electron chi connectivity index (χ3n) is 3.76. The fraction of sp³-hybridized carbons (Fsp3) is 0.533. The number of rotatable bonds is 3. The number of nitriles is 1. The summed E-state index contributed by atoms with van der Waals surface area (Å²) < 4.78 is 0. The quantitative estimate of drug-likeness (QED) is 0.885. The largest absolute Gasteiger partial charge is 0.368 e. The third kappa shape index (κ3) is 2.49. The number of likely N-dealkylation sites (N-methyl/N-ethyl adjacent to an activating group) is 1. The lowest BCUT2D eigenvalue weighted by Crippen LogP contribution is -2.50. The van der Waals surface area contributed by atoms with Gasteiger partial charge in [-0.15, -0.1) is 0 Å². The average molecular weight is 243 g/mol. The van der Waals surface area contributed by atoms with E-state index < -0.39 is 5.54 Å². The Morgan fingerprint density at radius 2 is 2.28 bits per heavy atom. The van der Waals surface area contributed by atoms with E-state index in [2.05, 4.69) is 41.4 Å². The Morgan fingerprint density at radius 1 is 1.50 bits per heavy atom. The molecule has 1 aromatic rings. The molecule has 1 aliphatic rings. The van der Waals surface area contributed by atoms with Crippen LogP contribution in [0.4, 0.5) is 5.69 Å². The van der Waals surface area contributed by atoms with E-state index in [0.717, 1.165) is 19.5 Å². The van der Waals surface area contributed by atoms with Gasteiger partial charge in [-0.05, 0) is 45.4 Å². The molecule has 18 heavy (non-hydrogen) atoms. The number of anilines is 1. The molecule has 1 atom stereocenters. The summed E-state index contributed by atoms with van der Waals surface area (Å²) >= 11 is 0. The molecule has 2 rings (SSSR count). The van der Waals surface area contributed by atoms with Crippen LogP contribution in [0.2, 0.25) is 0 Å². The minimum absolute atomic E-state index is 0.487. The highest BCUT2D eigenvalue weighted by Gasteiger charge is 2.27. The Hall–Kier alpha value is -1.53. The molecular weight excluding hydrogens is 222 g/mol. The Labute approximate surface area is 109 Å². The van der Waals surface area contributed by atoms with Gasteiger partial charge in [0.15, 0.2) is 0 Å². The minimum Gasteiger partial charge on any atom is -0.368 e. The summed E-state index contributed by atoms with van der Waals surface area (Å²) in [5.41, 5.74) is 3.54. The Bertz CT molecular complexity index is 475. The van der Waals surface area contributed by atoms with E-state index >= 15 is 0 Å². The highest BCUT2D eigenvalue weighted by Crippen LogP contribution is 2.28. The SMILES string of the molecule is CNC(C)(C#N)CN1CCCc2cc(C)ccc21. The predicted molar refractivity (Wildman–Crippen MR) is 74.8 cm³/mol.